The Morgan fingerprint density at radius 1 is 1.44 bits per heavy atom. The number of rotatable bonds is 3. The molecule has 5 heteroatoms. The van der Waals surface area contributed by atoms with Crippen molar-refractivity contribution >= 4 is 11.7 Å². The molecule has 0 spiro atoms. The lowest BCUT2D eigenvalue weighted by Crippen LogP contribution is -2.15. The smallest absolute Gasteiger partial charge is 0.230 e. The molecule has 1 amide bonds. The number of phenols is 1. The number of aromatic hydroxyl groups is 1. The van der Waals surface area contributed by atoms with Gasteiger partial charge in [-0.1, -0.05) is 12.1 Å². The SMILES string of the molecule is Cc1[nH]nc(NC(=O)Cc2cccc(O)c2)c1C. The highest BCUT2D eigenvalue weighted by atomic mass is 16.3. The van der Waals surface area contributed by atoms with E-state index in [0.717, 1.165) is 16.8 Å². The number of benzene rings is 1. The summed E-state index contributed by atoms with van der Waals surface area (Å²) in [6.45, 7) is 3.79. The number of amides is 1. The van der Waals surface area contributed by atoms with Gasteiger partial charge in [0, 0.05) is 11.3 Å². The third-order valence-corrected chi connectivity index (χ3v) is 2.79. The van der Waals surface area contributed by atoms with Crippen molar-refractivity contribution in [1.82, 2.24) is 10.2 Å². The van der Waals surface area contributed by atoms with Crippen molar-refractivity contribution in [1.29, 1.82) is 0 Å². The predicted molar refractivity (Wildman–Crippen MR) is 68.5 cm³/mol. The minimum atomic E-state index is -0.157. The van der Waals surface area contributed by atoms with E-state index in [0.29, 0.717) is 5.82 Å². The molecule has 0 bridgehead atoms. The highest BCUT2D eigenvalue weighted by Crippen LogP contribution is 2.15. The Morgan fingerprint density at radius 2 is 2.22 bits per heavy atom. The summed E-state index contributed by atoms with van der Waals surface area (Å²) >= 11 is 0. The molecular formula is C13H15N3O2. The van der Waals surface area contributed by atoms with E-state index < -0.39 is 0 Å². The largest absolute Gasteiger partial charge is 0.508 e. The van der Waals surface area contributed by atoms with E-state index >= 15 is 0 Å². The van der Waals surface area contributed by atoms with E-state index in [9.17, 15) is 9.90 Å². The van der Waals surface area contributed by atoms with Crippen LogP contribution in [0.15, 0.2) is 24.3 Å². The monoisotopic (exact) mass is 245 g/mol. The van der Waals surface area contributed by atoms with Crippen LogP contribution in [0, 0.1) is 13.8 Å². The van der Waals surface area contributed by atoms with Crippen molar-refractivity contribution in [2.75, 3.05) is 5.32 Å². The third kappa shape index (κ3) is 2.68. The molecule has 0 unspecified atom stereocenters. The van der Waals surface area contributed by atoms with Crippen LogP contribution < -0.4 is 5.32 Å². The van der Waals surface area contributed by atoms with Crippen LogP contribution in [-0.2, 0) is 11.2 Å². The van der Waals surface area contributed by atoms with Crippen molar-refractivity contribution < 1.29 is 9.90 Å². The fourth-order valence-corrected chi connectivity index (χ4v) is 1.63. The summed E-state index contributed by atoms with van der Waals surface area (Å²) in [4.78, 5) is 11.8. The molecule has 3 N–H and O–H groups in total. The van der Waals surface area contributed by atoms with Gasteiger partial charge in [-0.2, -0.15) is 5.10 Å². The minimum absolute atomic E-state index is 0.157. The van der Waals surface area contributed by atoms with Crippen LogP contribution in [0.2, 0.25) is 0 Å². The second-order valence-corrected chi connectivity index (χ2v) is 4.22. The molecule has 0 aliphatic rings. The fraction of sp³-hybridized carbons (Fsp3) is 0.231. The number of aromatic nitrogens is 2. The Bertz CT molecular complexity index is 575. The van der Waals surface area contributed by atoms with E-state index in [2.05, 4.69) is 15.5 Å². The molecule has 0 aliphatic heterocycles. The lowest BCUT2D eigenvalue weighted by Gasteiger charge is -2.04. The Hall–Kier alpha value is -2.30. The summed E-state index contributed by atoms with van der Waals surface area (Å²) in [5.74, 6) is 0.556. The minimum Gasteiger partial charge on any atom is -0.508 e. The summed E-state index contributed by atoms with van der Waals surface area (Å²) < 4.78 is 0. The number of carbonyl (C=O) groups is 1. The molecule has 0 fully saturated rings. The molecule has 0 saturated carbocycles. The molecule has 18 heavy (non-hydrogen) atoms. The standard InChI is InChI=1S/C13H15N3O2/c1-8-9(2)15-16-13(8)14-12(18)7-10-4-3-5-11(17)6-10/h3-6,17H,7H2,1-2H3,(H2,14,15,16,18). The van der Waals surface area contributed by atoms with Crippen molar-refractivity contribution in [3.63, 3.8) is 0 Å². The maximum Gasteiger partial charge on any atom is 0.230 e. The molecule has 2 aromatic rings. The van der Waals surface area contributed by atoms with Gasteiger partial charge in [-0.25, -0.2) is 0 Å². The fourth-order valence-electron chi connectivity index (χ4n) is 1.63. The molecule has 0 saturated heterocycles. The van der Waals surface area contributed by atoms with Crippen molar-refractivity contribution in [2.45, 2.75) is 20.3 Å². The predicted octanol–water partition coefficient (Wildman–Crippen LogP) is 1.91. The number of H-pyrrole nitrogens is 1. The van der Waals surface area contributed by atoms with E-state index in [1.54, 1.807) is 24.3 Å². The van der Waals surface area contributed by atoms with Gasteiger partial charge in [-0.3, -0.25) is 9.89 Å². The molecule has 0 atom stereocenters. The zero-order valence-corrected chi connectivity index (χ0v) is 10.3. The van der Waals surface area contributed by atoms with Crippen LogP contribution in [-0.4, -0.2) is 21.2 Å². The highest BCUT2D eigenvalue weighted by molar-refractivity contribution is 5.92. The molecule has 1 aromatic heterocycles. The topological polar surface area (TPSA) is 78.0 Å². The second-order valence-electron chi connectivity index (χ2n) is 4.22. The summed E-state index contributed by atoms with van der Waals surface area (Å²) in [6.07, 6.45) is 0.208. The third-order valence-electron chi connectivity index (χ3n) is 2.79. The average Bonchev–Trinajstić information content (AvgIpc) is 2.61. The van der Waals surface area contributed by atoms with E-state index in [1.807, 2.05) is 13.8 Å². The van der Waals surface area contributed by atoms with Crippen molar-refractivity contribution in [3.8, 4) is 5.75 Å². The normalized spacial score (nSPS) is 10.3. The van der Waals surface area contributed by atoms with Gasteiger partial charge in [0.1, 0.15) is 5.75 Å². The first-order valence-corrected chi connectivity index (χ1v) is 5.65. The summed E-state index contributed by atoms with van der Waals surface area (Å²) in [5.41, 5.74) is 2.62. The van der Waals surface area contributed by atoms with Gasteiger partial charge in [0.2, 0.25) is 5.91 Å². The lowest BCUT2D eigenvalue weighted by molar-refractivity contribution is -0.115. The first kappa shape index (κ1) is 12.2. The van der Waals surface area contributed by atoms with Gasteiger partial charge >= 0.3 is 0 Å². The number of anilines is 1. The van der Waals surface area contributed by atoms with E-state index in [4.69, 9.17) is 0 Å². The van der Waals surface area contributed by atoms with Gasteiger partial charge < -0.3 is 10.4 Å². The average molecular weight is 245 g/mol. The number of carbonyl (C=O) groups excluding carboxylic acids is 1. The van der Waals surface area contributed by atoms with Crippen LogP contribution in [0.3, 0.4) is 0 Å². The van der Waals surface area contributed by atoms with Crippen molar-refractivity contribution in [3.05, 3.63) is 41.1 Å². The maximum atomic E-state index is 11.8. The Balaban J connectivity index is 2.03. The van der Waals surface area contributed by atoms with Crippen LogP contribution in [0.5, 0.6) is 5.75 Å². The summed E-state index contributed by atoms with van der Waals surface area (Å²) in [6, 6.07) is 6.65. The molecule has 94 valence electrons. The number of aromatic amines is 1. The van der Waals surface area contributed by atoms with Crippen molar-refractivity contribution in [2.24, 2.45) is 0 Å². The second kappa shape index (κ2) is 4.91. The maximum absolute atomic E-state index is 11.8. The number of nitrogens with one attached hydrogen (secondary N) is 2. The Kier molecular flexibility index (Phi) is 3.32. The van der Waals surface area contributed by atoms with Gasteiger partial charge in [0.15, 0.2) is 5.82 Å². The first-order chi connectivity index (χ1) is 8.56. The molecular weight excluding hydrogens is 230 g/mol. The molecule has 2 rings (SSSR count). The zero-order chi connectivity index (χ0) is 13.1. The number of aryl methyl sites for hydroxylation is 1. The molecule has 1 heterocycles. The van der Waals surface area contributed by atoms with Gasteiger partial charge in [-0.15, -0.1) is 0 Å². The van der Waals surface area contributed by atoms with E-state index in [1.165, 1.54) is 0 Å². The van der Waals surface area contributed by atoms with Crippen LogP contribution in [0.1, 0.15) is 16.8 Å². The number of nitrogens with zero attached hydrogens (tertiary/aromatic N) is 1. The number of hydrogen-bond donors (Lipinski definition) is 3. The molecule has 0 aliphatic carbocycles. The Morgan fingerprint density at radius 3 is 2.83 bits per heavy atom. The van der Waals surface area contributed by atoms with Gasteiger partial charge in [0.25, 0.3) is 0 Å². The van der Waals surface area contributed by atoms with Crippen LogP contribution >= 0.6 is 0 Å². The van der Waals surface area contributed by atoms with Gasteiger partial charge in [0.05, 0.1) is 6.42 Å². The lowest BCUT2D eigenvalue weighted by atomic mass is 10.1. The Labute approximate surface area is 105 Å². The summed E-state index contributed by atoms with van der Waals surface area (Å²) in [7, 11) is 0. The van der Waals surface area contributed by atoms with E-state index in [-0.39, 0.29) is 18.1 Å². The number of phenolic OH excluding ortho intramolecular Hbond substituents is 1. The highest BCUT2D eigenvalue weighted by Gasteiger charge is 2.10. The zero-order valence-electron chi connectivity index (χ0n) is 10.3. The quantitative estimate of drug-likeness (QED) is 0.773. The summed E-state index contributed by atoms with van der Waals surface area (Å²) in [5, 5.41) is 18.9. The number of hydrogen-bond acceptors (Lipinski definition) is 3. The van der Waals surface area contributed by atoms with Gasteiger partial charge in [-0.05, 0) is 31.5 Å². The van der Waals surface area contributed by atoms with Crippen LogP contribution in [0.4, 0.5) is 5.82 Å². The first-order valence-electron chi connectivity index (χ1n) is 5.65. The van der Waals surface area contributed by atoms with Crippen LogP contribution in [0.25, 0.3) is 0 Å². The molecule has 5 nitrogen and oxygen atoms in total. The molecule has 1 aromatic carbocycles. The molecule has 0 radical (unpaired) electrons.